The lowest BCUT2D eigenvalue weighted by Crippen LogP contribution is -2.36. The fourth-order valence-corrected chi connectivity index (χ4v) is 1.45. The predicted molar refractivity (Wildman–Crippen MR) is 68.5 cm³/mol. The van der Waals surface area contributed by atoms with Gasteiger partial charge in [-0.05, 0) is 31.5 Å². The maximum absolute atomic E-state index is 11.7. The SMILES string of the molecule is CC/C=C/OC(=O)C(Cc1ccccc1)NC. The maximum Gasteiger partial charge on any atom is 0.328 e. The fourth-order valence-electron chi connectivity index (χ4n) is 1.45. The van der Waals surface area contributed by atoms with Crippen LogP contribution in [0.3, 0.4) is 0 Å². The van der Waals surface area contributed by atoms with E-state index in [0.29, 0.717) is 6.42 Å². The van der Waals surface area contributed by atoms with Crippen LogP contribution in [0.4, 0.5) is 0 Å². The first-order valence-electron chi connectivity index (χ1n) is 5.84. The van der Waals surface area contributed by atoms with Crippen molar-refractivity contribution in [3.05, 3.63) is 48.2 Å². The second-order valence-electron chi connectivity index (χ2n) is 3.75. The van der Waals surface area contributed by atoms with Gasteiger partial charge in [-0.3, -0.25) is 0 Å². The summed E-state index contributed by atoms with van der Waals surface area (Å²) in [5, 5.41) is 2.97. The van der Waals surface area contributed by atoms with Crippen molar-refractivity contribution in [2.45, 2.75) is 25.8 Å². The highest BCUT2D eigenvalue weighted by atomic mass is 16.5. The van der Waals surface area contributed by atoms with Gasteiger partial charge in [0.05, 0.1) is 6.26 Å². The Morgan fingerprint density at radius 2 is 2.12 bits per heavy atom. The number of likely N-dealkylation sites (N-methyl/N-ethyl adjacent to an activating group) is 1. The summed E-state index contributed by atoms with van der Waals surface area (Å²) >= 11 is 0. The molecule has 0 aliphatic heterocycles. The second-order valence-corrected chi connectivity index (χ2v) is 3.75. The first-order valence-corrected chi connectivity index (χ1v) is 5.84. The van der Waals surface area contributed by atoms with Crippen LogP contribution in [0.25, 0.3) is 0 Å². The molecule has 3 heteroatoms. The van der Waals surface area contributed by atoms with Gasteiger partial charge in [-0.25, -0.2) is 4.79 Å². The minimum Gasteiger partial charge on any atom is -0.434 e. The first kappa shape index (κ1) is 13.5. The molecular weight excluding hydrogens is 214 g/mol. The van der Waals surface area contributed by atoms with Crippen LogP contribution < -0.4 is 5.32 Å². The minimum absolute atomic E-state index is 0.249. The molecule has 0 bridgehead atoms. The zero-order valence-electron chi connectivity index (χ0n) is 10.3. The number of hydrogen-bond donors (Lipinski definition) is 1. The fraction of sp³-hybridized carbons (Fsp3) is 0.357. The highest BCUT2D eigenvalue weighted by Crippen LogP contribution is 2.04. The van der Waals surface area contributed by atoms with Gasteiger partial charge in [-0.1, -0.05) is 37.3 Å². The van der Waals surface area contributed by atoms with Crippen LogP contribution in [0.15, 0.2) is 42.7 Å². The summed E-state index contributed by atoms with van der Waals surface area (Å²) in [6.45, 7) is 1.99. The minimum atomic E-state index is -0.307. The number of hydrogen-bond acceptors (Lipinski definition) is 3. The molecule has 0 spiro atoms. The molecule has 0 aromatic heterocycles. The molecule has 1 aromatic carbocycles. The van der Waals surface area contributed by atoms with Crippen molar-refractivity contribution >= 4 is 5.97 Å². The molecule has 0 radical (unpaired) electrons. The highest BCUT2D eigenvalue weighted by Gasteiger charge is 2.17. The largest absolute Gasteiger partial charge is 0.434 e. The van der Waals surface area contributed by atoms with E-state index < -0.39 is 0 Å². The zero-order chi connectivity index (χ0) is 12.5. The third-order valence-electron chi connectivity index (χ3n) is 2.43. The van der Waals surface area contributed by atoms with Gasteiger partial charge in [0.15, 0.2) is 0 Å². The summed E-state index contributed by atoms with van der Waals surface area (Å²) in [4.78, 5) is 11.7. The summed E-state index contributed by atoms with van der Waals surface area (Å²) in [5.74, 6) is -0.249. The van der Waals surface area contributed by atoms with Crippen molar-refractivity contribution in [1.29, 1.82) is 0 Å². The van der Waals surface area contributed by atoms with Gasteiger partial charge in [-0.15, -0.1) is 0 Å². The molecule has 0 aliphatic carbocycles. The smallest absolute Gasteiger partial charge is 0.328 e. The summed E-state index contributed by atoms with van der Waals surface area (Å²) < 4.78 is 5.03. The van der Waals surface area contributed by atoms with Gasteiger partial charge in [0, 0.05) is 0 Å². The first-order chi connectivity index (χ1) is 8.27. The van der Waals surface area contributed by atoms with E-state index in [2.05, 4.69) is 5.32 Å². The monoisotopic (exact) mass is 233 g/mol. The van der Waals surface area contributed by atoms with E-state index in [1.165, 1.54) is 6.26 Å². The van der Waals surface area contributed by atoms with E-state index in [1.54, 1.807) is 7.05 Å². The van der Waals surface area contributed by atoms with Gasteiger partial charge in [0.25, 0.3) is 0 Å². The lowest BCUT2D eigenvalue weighted by atomic mass is 10.1. The Bertz CT molecular complexity index is 360. The summed E-state index contributed by atoms with van der Waals surface area (Å²) in [7, 11) is 1.76. The van der Waals surface area contributed by atoms with Crippen LogP contribution in [-0.2, 0) is 16.0 Å². The van der Waals surface area contributed by atoms with Crippen molar-refractivity contribution in [3.63, 3.8) is 0 Å². The molecule has 17 heavy (non-hydrogen) atoms. The molecule has 0 amide bonds. The Morgan fingerprint density at radius 3 is 2.71 bits per heavy atom. The topological polar surface area (TPSA) is 38.3 Å². The Morgan fingerprint density at radius 1 is 1.41 bits per heavy atom. The molecular formula is C14H19NO2. The zero-order valence-corrected chi connectivity index (χ0v) is 10.3. The van der Waals surface area contributed by atoms with Crippen molar-refractivity contribution in [2.24, 2.45) is 0 Å². The van der Waals surface area contributed by atoms with Crippen LogP contribution in [-0.4, -0.2) is 19.1 Å². The van der Waals surface area contributed by atoms with Crippen molar-refractivity contribution < 1.29 is 9.53 Å². The number of esters is 1. The number of benzene rings is 1. The highest BCUT2D eigenvalue weighted by molar-refractivity contribution is 5.76. The van der Waals surface area contributed by atoms with E-state index in [4.69, 9.17) is 4.74 Å². The van der Waals surface area contributed by atoms with Crippen LogP contribution in [0.5, 0.6) is 0 Å². The average Bonchev–Trinajstić information content (AvgIpc) is 2.37. The summed E-state index contributed by atoms with van der Waals surface area (Å²) in [6.07, 6.45) is 4.76. The van der Waals surface area contributed by atoms with E-state index in [0.717, 1.165) is 12.0 Å². The van der Waals surface area contributed by atoms with E-state index in [1.807, 2.05) is 43.3 Å². The predicted octanol–water partition coefficient (Wildman–Crippen LogP) is 2.28. The van der Waals surface area contributed by atoms with Gasteiger partial charge in [0.1, 0.15) is 6.04 Å². The van der Waals surface area contributed by atoms with Gasteiger partial charge >= 0.3 is 5.97 Å². The Balaban J connectivity index is 2.53. The Labute approximate surface area is 102 Å². The molecule has 1 rings (SSSR count). The molecule has 0 heterocycles. The van der Waals surface area contributed by atoms with Crippen LogP contribution in [0.2, 0.25) is 0 Å². The van der Waals surface area contributed by atoms with Crippen LogP contribution >= 0.6 is 0 Å². The Hall–Kier alpha value is -1.61. The normalized spacial score (nSPS) is 12.6. The third-order valence-corrected chi connectivity index (χ3v) is 2.43. The van der Waals surface area contributed by atoms with E-state index in [-0.39, 0.29) is 12.0 Å². The lowest BCUT2D eigenvalue weighted by molar-refractivity contribution is -0.140. The van der Waals surface area contributed by atoms with E-state index >= 15 is 0 Å². The second kappa shape index (κ2) is 7.63. The van der Waals surface area contributed by atoms with Gasteiger partial charge in [-0.2, -0.15) is 0 Å². The molecule has 0 fully saturated rings. The lowest BCUT2D eigenvalue weighted by Gasteiger charge is -2.13. The number of ether oxygens (including phenoxy) is 1. The van der Waals surface area contributed by atoms with Crippen molar-refractivity contribution in [3.8, 4) is 0 Å². The Kier molecular flexibility index (Phi) is 6.04. The average molecular weight is 233 g/mol. The molecule has 0 saturated heterocycles. The number of nitrogens with one attached hydrogen (secondary N) is 1. The molecule has 92 valence electrons. The van der Waals surface area contributed by atoms with Crippen molar-refractivity contribution in [2.75, 3.05) is 7.05 Å². The molecule has 0 aliphatic rings. The van der Waals surface area contributed by atoms with Crippen LogP contribution in [0.1, 0.15) is 18.9 Å². The number of carbonyl (C=O) groups excluding carboxylic acids is 1. The van der Waals surface area contributed by atoms with E-state index in [9.17, 15) is 4.79 Å². The van der Waals surface area contributed by atoms with Crippen LogP contribution in [0, 0.1) is 0 Å². The molecule has 0 saturated carbocycles. The maximum atomic E-state index is 11.7. The molecule has 1 N–H and O–H groups in total. The molecule has 3 nitrogen and oxygen atoms in total. The number of rotatable bonds is 6. The number of allylic oxidation sites excluding steroid dienone is 1. The standard InChI is InChI=1S/C14H19NO2/c1-3-4-10-17-14(16)13(15-2)11-12-8-6-5-7-9-12/h4-10,13,15H,3,11H2,1-2H3/b10-4+. The van der Waals surface area contributed by atoms with Crippen molar-refractivity contribution in [1.82, 2.24) is 5.32 Å². The quantitative estimate of drug-likeness (QED) is 0.605. The third kappa shape index (κ3) is 4.83. The van der Waals surface area contributed by atoms with Gasteiger partial charge < -0.3 is 10.1 Å². The molecule has 1 atom stereocenters. The molecule has 1 aromatic rings. The molecule has 1 unspecified atom stereocenters. The van der Waals surface area contributed by atoms with Gasteiger partial charge in [0.2, 0.25) is 0 Å². The summed E-state index contributed by atoms with van der Waals surface area (Å²) in [6, 6.07) is 9.58. The number of carbonyl (C=O) groups is 1. The summed E-state index contributed by atoms with van der Waals surface area (Å²) in [5.41, 5.74) is 1.11.